The van der Waals surface area contributed by atoms with E-state index in [1.165, 1.54) is 10.8 Å². The summed E-state index contributed by atoms with van der Waals surface area (Å²) >= 11 is 3.52. The number of benzene rings is 3. The number of rotatable bonds is 4. The fourth-order valence-electron chi connectivity index (χ4n) is 2.42. The molecule has 0 saturated carbocycles. The Morgan fingerprint density at radius 1 is 0.905 bits per heavy atom. The van der Waals surface area contributed by atoms with Crippen LogP contribution in [-0.2, 0) is 0 Å². The van der Waals surface area contributed by atoms with E-state index in [4.69, 9.17) is 0 Å². The van der Waals surface area contributed by atoms with E-state index in [1.807, 2.05) is 36.4 Å². The fourth-order valence-corrected chi connectivity index (χ4v) is 2.82. The number of halogens is 1. The highest BCUT2D eigenvalue weighted by molar-refractivity contribution is 9.10. The highest BCUT2D eigenvalue weighted by atomic mass is 79.9. The van der Waals surface area contributed by atoms with Crippen LogP contribution >= 0.6 is 15.9 Å². The molecular formula is C18H16BrNO. The number of aliphatic hydroxyl groups excluding tert-OH is 1. The predicted octanol–water partition coefficient (Wildman–Crippen LogP) is 4.75. The third kappa shape index (κ3) is 3.09. The van der Waals surface area contributed by atoms with Gasteiger partial charge in [-0.05, 0) is 50.5 Å². The van der Waals surface area contributed by atoms with Crippen molar-refractivity contribution in [3.63, 3.8) is 0 Å². The second-order valence-corrected chi connectivity index (χ2v) is 5.82. The summed E-state index contributed by atoms with van der Waals surface area (Å²) in [4.78, 5) is 0. The Hall–Kier alpha value is -1.84. The van der Waals surface area contributed by atoms with Gasteiger partial charge in [0.05, 0.1) is 12.6 Å². The Morgan fingerprint density at radius 2 is 1.62 bits per heavy atom. The number of fused-ring (bicyclic) bond motifs is 1. The van der Waals surface area contributed by atoms with E-state index in [-0.39, 0.29) is 12.6 Å². The first-order valence-electron chi connectivity index (χ1n) is 6.88. The molecule has 0 radical (unpaired) electrons. The molecule has 1 unspecified atom stereocenters. The van der Waals surface area contributed by atoms with Crippen LogP contribution in [-0.4, -0.2) is 11.7 Å². The van der Waals surface area contributed by atoms with Crippen molar-refractivity contribution in [3.8, 4) is 0 Å². The molecule has 2 N–H and O–H groups in total. The molecule has 3 heteroatoms. The quantitative estimate of drug-likeness (QED) is 0.717. The Balaban J connectivity index is 1.93. The van der Waals surface area contributed by atoms with Crippen LogP contribution in [0.2, 0.25) is 0 Å². The van der Waals surface area contributed by atoms with Gasteiger partial charge >= 0.3 is 0 Å². The smallest absolute Gasteiger partial charge is 0.0745 e. The highest BCUT2D eigenvalue weighted by Crippen LogP contribution is 2.27. The molecule has 0 heterocycles. The van der Waals surface area contributed by atoms with Crippen LogP contribution in [0.5, 0.6) is 0 Å². The summed E-state index contributed by atoms with van der Waals surface area (Å²) in [5.74, 6) is 0. The average Bonchev–Trinajstić information content (AvgIpc) is 2.54. The normalized spacial score (nSPS) is 12.3. The van der Waals surface area contributed by atoms with E-state index >= 15 is 0 Å². The molecule has 0 saturated heterocycles. The van der Waals surface area contributed by atoms with Gasteiger partial charge in [0.1, 0.15) is 0 Å². The number of anilines is 1. The maximum atomic E-state index is 9.73. The van der Waals surface area contributed by atoms with Crippen molar-refractivity contribution in [2.75, 3.05) is 11.9 Å². The largest absolute Gasteiger partial charge is 0.394 e. The van der Waals surface area contributed by atoms with Crippen LogP contribution in [0, 0.1) is 0 Å². The van der Waals surface area contributed by atoms with E-state index in [9.17, 15) is 5.11 Å². The molecule has 0 aromatic heterocycles. The number of nitrogens with one attached hydrogen (secondary N) is 1. The summed E-state index contributed by atoms with van der Waals surface area (Å²) in [6, 6.07) is 22.3. The summed E-state index contributed by atoms with van der Waals surface area (Å²) in [5.41, 5.74) is 2.05. The van der Waals surface area contributed by atoms with Gasteiger partial charge in [-0.15, -0.1) is 0 Å². The van der Waals surface area contributed by atoms with Gasteiger partial charge in [-0.2, -0.15) is 0 Å². The maximum absolute atomic E-state index is 9.73. The zero-order valence-electron chi connectivity index (χ0n) is 11.5. The number of aliphatic hydroxyl groups is 1. The molecule has 2 nitrogen and oxygen atoms in total. The number of hydrogen-bond acceptors (Lipinski definition) is 2. The van der Waals surface area contributed by atoms with Gasteiger partial charge in [0, 0.05) is 10.2 Å². The van der Waals surface area contributed by atoms with Crippen molar-refractivity contribution in [1.29, 1.82) is 0 Å². The Labute approximate surface area is 132 Å². The van der Waals surface area contributed by atoms with E-state index in [0.717, 1.165) is 15.7 Å². The predicted molar refractivity (Wildman–Crippen MR) is 91.5 cm³/mol. The van der Waals surface area contributed by atoms with Crippen molar-refractivity contribution >= 4 is 32.4 Å². The fraction of sp³-hybridized carbons (Fsp3) is 0.111. The van der Waals surface area contributed by atoms with Gasteiger partial charge in [0.25, 0.3) is 0 Å². The molecule has 0 aliphatic heterocycles. The molecule has 0 amide bonds. The van der Waals surface area contributed by atoms with Crippen LogP contribution in [0.15, 0.2) is 71.2 Å². The molecule has 21 heavy (non-hydrogen) atoms. The Morgan fingerprint density at radius 3 is 2.38 bits per heavy atom. The first-order valence-corrected chi connectivity index (χ1v) is 7.68. The van der Waals surface area contributed by atoms with Gasteiger partial charge in [-0.3, -0.25) is 0 Å². The van der Waals surface area contributed by atoms with Crippen LogP contribution in [0.25, 0.3) is 10.8 Å². The third-order valence-electron chi connectivity index (χ3n) is 3.56. The molecule has 0 aliphatic rings. The van der Waals surface area contributed by atoms with Crippen molar-refractivity contribution in [3.05, 3.63) is 76.8 Å². The summed E-state index contributed by atoms with van der Waals surface area (Å²) in [6.07, 6.45) is 0. The molecule has 0 aliphatic carbocycles. The van der Waals surface area contributed by atoms with E-state index in [1.54, 1.807) is 0 Å². The molecule has 3 aromatic carbocycles. The van der Waals surface area contributed by atoms with Crippen molar-refractivity contribution in [2.24, 2.45) is 0 Å². The monoisotopic (exact) mass is 341 g/mol. The number of hydrogen-bond donors (Lipinski definition) is 2. The lowest BCUT2D eigenvalue weighted by Gasteiger charge is -2.19. The van der Waals surface area contributed by atoms with Crippen LogP contribution in [0.1, 0.15) is 11.6 Å². The summed E-state index contributed by atoms with van der Waals surface area (Å²) in [5, 5.41) is 15.5. The minimum absolute atomic E-state index is 0.0413. The SMILES string of the molecule is OCC(Nc1ccccc1Br)c1ccc2ccccc2c1. The maximum Gasteiger partial charge on any atom is 0.0745 e. The molecule has 0 fully saturated rings. The average molecular weight is 342 g/mol. The molecule has 1 atom stereocenters. The number of para-hydroxylation sites is 1. The van der Waals surface area contributed by atoms with Crippen molar-refractivity contribution in [2.45, 2.75) is 6.04 Å². The molecular weight excluding hydrogens is 326 g/mol. The second kappa shape index (κ2) is 6.29. The highest BCUT2D eigenvalue weighted by Gasteiger charge is 2.12. The lowest BCUT2D eigenvalue weighted by molar-refractivity contribution is 0.276. The van der Waals surface area contributed by atoms with Crippen LogP contribution < -0.4 is 5.32 Å². The van der Waals surface area contributed by atoms with Gasteiger partial charge < -0.3 is 10.4 Å². The molecule has 0 spiro atoms. The zero-order chi connectivity index (χ0) is 14.7. The lowest BCUT2D eigenvalue weighted by atomic mass is 10.0. The zero-order valence-corrected chi connectivity index (χ0v) is 13.0. The van der Waals surface area contributed by atoms with Gasteiger partial charge in [-0.25, -0.2) is 0 Å². The minimum Gasteiger partial charge on any atom is -0.394 e. The summed E-state index contributed by atoms with van der Waals surface area (Å²) in [7, 11) is 0. The van der Waals surface area contributed by atoms with Gasteiger partial charge in [-0.1, -0.05) is 48.5 Å². The Kier molecular flexibility index (Phi) is 4.23. The summed E-state index contributed by atoms with van der Waals surface area (Å²) in [6.45, 7) is 0.0413. The van der Waals surface area contributed by atoms with Crippen LogP contribution in [0.3, 0.4) is 0 Å². The van der Waals surface area contributed by atoms with Gasteiger partial charge in [0.15, 0.2) is 0 Å². The second-order valence-electron chi connectivity index (χ2n) is 4.97. The lowest BCUT2D eigenvalue weighted by Crippen LogP contribution is -2.15. The van der Waals surface area contributed by atoms with Crippen molar-refractivity contribution in [1.82, 2.24) is 0 Å². The van der Waals surface area contributed by atoms with E-state index < -0.39 is 0 Å². The topological polar surface area (TPSA) is 32.3 Å². The molecule has 106 valence electrons. The first kappa shape index (κ1) is 14.1. The molecule has 3 aromatic rings. The van der Waals surface area contributed by atoms with Gasteiger partial charge in [0.2, 0.25) is 0 Å². The molecule has 3 rings (SSSR count). The third-order valence-corrected chi connectivity index (χ3v) is 4.25. The van der Waals surface area contributed by atoms with Crippen molar-refractivity contribution < 1.29 is 5.11 Å². The van der Waals surface area contributed by atoms with Crippen LogP contribution in [0.4, 0.5) is 5.69 Å². The molecule has 0 bridgehead atoms. The van der Waals surface area contributed by atoms with E-state index in [2.05, 4.69) is 51.6 Å². The summed E-state index contributed by atoms with van der Waals surface area (Å²) < 4.78 is 0.990. The standard InChI is InChI=1S/C18H16BrNO/c19-16-7-3-4-8-17(16)20-18(12-21)15-10-9-13-5-1-2-6-14(13)11-15/h1-11,18,20-21H,12H2. The minimum atomic E-state index is -0.131. The first-order chi connectivity index (χ1) is 10.3. The van der Waals surface area contributed by atoms with E-state index in [0.29, 0.717) is 0 Å². The Bertz CT molecular complexity index is 757.